The molecule has 2 aliphatic heterocycles. The molecule has 36 heavy (non-hydrogen) atoms. The van der Waals surface area contributed by atoms with Crippen molar-refractivity contribution < 1.29 is 28.3 Å². The Bertz CT molecular complexity index is 1110. The molecule has 0 N–H and O–H groups in total. The van der Waals surface area contributed by atoms with E-state index in [0.717, 1.165) is 10.5 Å². The van der Waals surface area contributed by atoms with Crippen LogP contribution in [0, 0.1) is 11.7 Å². The second kappa shape index (κ2) is 11.0. The highest BCUT2D eigenvalue weighted by molar-refractivity contribution is 6.22. The second-order valence-electron chi connectivity index (χ2n) is 9.30. The smallest absolute Gasteiger partial charge is 0.262 e. The Labute approximate surface area is 209 Å². The Morgan fingerprint density at radius 3 is 2.17 bits per heavy atom. The number of piperidine rings is 1. The Morgan fingerprint density at radius 1 is 1.03 bits per heavy atom. The third kappa shape index (κ3) is 5.31. The summed E-state index contributed by atoms with van der Waals surface area (Å²) in [7, 11) is 3.22. The van der Waals surface area contributed by atoms with Crippen LogP contribution in [0.5, 0.6) is 0 Å². The third-order valence-electron chi connectivity index (χ3n) is 7.12. The summed E-state index contributed by atoms with van der Waals surface area (Å²) in [6, 6.07) is 12.7. The summed E-state index contributed by atoms with van der Waals surface area (Å²) in [6.07, 6.45) is 1.87. The van der Waals surface area contributed by atoms with Gasteiger partial charge in [0, 0.05) is 33.3 Å². The lowest BCUT2D eigenvalue weighted by atomic mass is 9.85. The number of nitrogens with zero attached hydrogens (tertiary/aromatic N) is 3. The number of hydrogen-bond acceptors (Lipinski definition) is 5. The second-order valence-corrected chi connectivity index (χ2v) is 9.30. The van der Waals surface area contributed by atoms with Crippen LogP contribution in [-0.2, 0) is 20.7 Å². The van der Waals surface area contributed by atoms with E-state index in [9.17, 15) is 23.6 Å². The number of likely N-dealkylation sites (tertiary alicyclic amines) is 1. The SMILES string of the molecule is COCC(=O)N(C)C(Cc1ccc(F)cc1)C1CCN(C(=O)CN2C(=O)c3ccccc3C2=O)CC1. The molecule has 4 amide bonds. The van der Waals surface area contributed by atoms with E-state index < -0.39 is 11.8 Å². The van der Waals surface area contributed by atoms with Crippen molar-refractivity contribution in [1.29, 1.82) is 0 Å². The van der Waals surface area contributed by atoms with Crippen LogP contribution in [0.4, 0.5) is 4.39 Å². The molecule has 1 atom stereocenters. The predicted octanol–water partition coefficient (Wildman–Crippen LogP) is 2.38. The van der Waals surface area contributed by atoms with Gasteiger partial charge in [0.1, 0.15) is 19.0 Å². The average molecular weight is 496 g/mol. The van der Waals surface area contributed by atoms with E-state index in [1.54, 1.807) is 53.2 Å². The van der Waals surface area contributed by atoms with Crippen LogP contribution in [0.2, 0.25) is 0 Å². The van der Waals surface area contributed by atoms with Crippen LogP contribution in [-0.4, -0.2) is 84.8 Å². The Morgan fingerprint density at radius 2 is 1.61 bits per heavy atom. The number of ether oxygens (including phenoxy) is 1. The van der Waals surface area contributed by atoms with E-state index >= 15 is 0 Å². The first kappa shape index (κ1) is 25.5. The van der Waals surface area contributed by atoms with E-state index in [4.69, 9.17) is 4.74 Å². The standard InChI is InChI=1S/C27H30FN3O5/c1-29(25(33)17-36-2)23(15-18-7-9-20(28)10-8-18)19-11-13-30(14-12-19)24(32)16-31-26(34)21-5-3-4-6-22(21)27(31)35/h3-10,19,23H,11-17H2,1-2H3. The topological polar surface area (TPSA) is 87.2 Å². The van der Waals surface area contributed by atoms with Gasteiger partial charge < -0.3 is 14.5 Å². The fourth-order valence-corrected chi connectivity index (χ4v) is 5.04. The maximum Gasteiger partial charge on any atom is 0.262 e. The van der Waals surface area contributed by atoms with Gasteiger partial charge >= 0.3 is 0 Å². The zero-order valence-corrected chi connectivity index (χ0v) is 20.5. The minimum atomic E-state index is -0.448. The third-order valence-corrected chi connectivity index (χ3v) is 7.12. The summed E-state index contributed by atoms with van der Waals surface area (Å²) in [6.45, 7) is 0.591. The maximum absolute atomic E-state index is 13.4. The number of methoxy groups -OCH3 is 1. The van der Waals surface area contributed by atoms with E-state index in [1.165, 1.54) is 19.2 Å². The number of likely N-dealkylation sites (N-methyl/N-ethyl adjacent to an activating group) is 1. The van der Waals surface area contributed by atoms with Gasteiger partial charge in [0.15, 0.2) is 0 Å². The number of benzene rings is 2. The number of amides is 4. The highest BCUT2D eigenvalue weighted by Crippen LogP contribution is 2.28. The first-order valence-corrected chi connectivity index (χ1v) is 12.0. The fourth-order valence-electron chi connectivity index (χ4n) is 5.04. The lowest BCUT2D eigenvalue weighted by Crippen LogP contribution is -2.50. The monoisotopic (exact) mass is 495 g/mol. The summed E-state index contributed by atoms with van der Waals surface area (Å²) < 4.78 is 18.4. The fraction of sp³-hybridized carbons (Fsp3) is 0.407. The molecule has 190 valence electrons. The minimum Gasteiger partial charge on any atom is -0.375 e. The molecule has 2 aromatic carbocycles. The molecular formula is C27H30FN3O5. The van der Waals surface area contributed by atoms with Crippen molar-refractivity contribution >= 4 is 23.6 Å². The quantitative estimate of drug-likeness (QED) is 0.525. The molecule has 0 aromatic heterocycles. The average Bonchev–Trinajstić information content (AvgIpc) is 3.13. The van der Waals surface area contributed by atoms with Gasteiger partial charge in [0.2, 0.25) is 11.8 Å². The molecule has 0 radical (unpaired) electrons. The Balaban J connectivity index is 1.40. The Kier molecular flexibility index (Phi) is 7.79. The number of carbonyl (C=O) groups excluding carboxylic acids is 4. The van der Waals surface area contributed by atoms with Gasteiger partial charge in [0.05, 0.1) is 11.1 Å². The lowest BCUT2D eigenvalue weighted by molar-refractivity contribution is -0.139. The van der Waals surface area contributed by atoms with Gasteiger partial charge in [-0.15, -0.1) is 0 Å². The summed E-state index contributed by atoms with van der Waals surface area (Å²) in [4.78, 5) is 55.2. The molecule has 0 spiro atoms. The van der Waals surface area contributed by atoms with Gasteiger partial charge in [-0.05, 0) is 55.0 Å². The number of halogens is 1. The molecule has 8 nitrogen and oxygen atoms in total. The summed E-state index contributed by atoms with van der Waals surface area (Å²) in [5, 5.41) is 0. The normalized spacial score (nSPS) is 16.8. The highest BCUT2D eigenvalue weighted by atomic mass is 19.1. The van der Waals surface area contributed by atoms with Gasteiger partial charge in [0.25, 0.3) is 11.8 Å². The van der Waals surface area contributed by atoms with Crippen LogP contribution in [0.1, 0.15) is 39.1 Å². The molecule has 1 fully saturated rings. The van der Waals surface area contributed by atoms with E-state index in [2.05, 4.69) is 0 Å². The Hall–Kier alpha value is -3.59. The molecule has 4 rings (SSSR count). The van der Waals surface area contributed by atoms with Crippen LogP contribution in [0.15, 0.2) is 48.5 Å². The van der Waals surface area contributed by atoms with Crippen molar-refractivity contribution in [2.45, 2.75) is 25.3 Å². The summed E-state index contributed by atoms with van der Waals surface area (Å²) in [5.41, 5.74) is 1.56. The minimum absolute atomic E-state index is 0.0337. The van der Waals surface area contributed by atoms with Gasteiger partial charge in [-0.1, -0.05) is 24.3 Å². The highest BCUT2D eigenvalue weighted by Gasteiger charge is 2.38. The van der Waals surface area contributed by atoms with Crippen molar-refractivity contribution in [3.05, 3.63) is 71.0 Å². The molecule has 2 heterocycles. The zero-order chi connectivity index (χ0) is 25.8. The van der Waals surface area contributed by atoms with Crippen molar-refractivity contribution in [3.8, 4) is 0 Å². The zero-order valence-electron chi connectivity index (χ0n) is 20.5. The number of fused-ring (bicyclic) bond motifs is 1. The van der Waals surface area contributed by atoms with Crippen molar-refractivity contribution in [1.82, 2.24) is 14.7 Å². The van der Waals surface area contributed by atoms with Gasteiger partial charge in [-0.2, -0.15) is 0 Å². The lowest BCUT2D eigenvalue weighted by Gasteiger charge is -2.40. The molecule has 0 aliphatic carbocycles. The molecule has 2 aromatic rings. The van der Waals surface area contributed by atoms with Crippen molar-refractivity contribution in [2.24, 2.45) is 5.92 Å². The van der Waals surface area contributed by atoms with Crippen LogP contribution in [0.3, 0.4) is 0 Å². The van der Waals surface area contributed by atoms with Crippen LogP contribution in [0.25, 0.3) is 0 Å². The summed E-state index contributed by atoms with van der Waals surface area (Å²) in [5.74, 6) is -1.52. The molecule has 1 unspecified atom stereocenters. The number of hydrogen-bond donors (Lipinski definition) is 0. The molecule has 9 heteroatoms. The van der Waals surface area contributed by atoms with Crippen LogP contribution < -0.4 is 0 Å². The molecule has 2 aliphatic rings. The number of carbonyl (C=O) groups is 4. The van der Waals surface area contributed by atoms with Gasteiger partial charge in [-0.25, -0.2) is 4.39 Å². The van der Waals surface area contributed by atoms with E-state index in [0.29, 0.717) is 43.5 Å². The van der Waals surface area contributed by atoms with Gasteiger partial charge in [-0.3, -0.25) is 24.1 Å². The molecule has 1 saturated heterocycles. The maximum atomic E-state index is 13.4. The largest absolute Gasteiger partial charge is 0.375 e. The predicted molar refractivity (Wildman–Crippen MR) is 130 cm³/mol. The van der Waals surface area contributed by atoms with Crippen LogP contribution >= 0.6 is 0 Å². The number of imide groups is 1. The molecular weight excluding hydrogens is 465 g/mol. The first-order valence-electron chi connectivity index (χ1n) is 12.0. The number of rotatable bonds is 8. The van der Waals surface area contributed by atoms with Crippen molar-refractivity contribution in [2.75, 3.05) is 40.4 Å². The summed E-state index contributed by atoms with van der Waals surface area (Å²) >= 11 is 0. The first-order chi connectivity index (χ1) is 17.3. The van der Waals surface area contributed by atoms with Crippen molar-refractivity contribution in [3.63, 3.8) is 0 Å². The molecule has 0 bridgehead atoms. The molecule has 0 saturated carbocycles. The van der Waals surface area contributed by atoms with E-state index in [1.807, 2.05) is 0 Å². The van der Waals surface area contributed by atoms with E-state index in [-0.39, 0.29) is 42.7 Å².